The molecule has 0 amide bonds. The van der Waals surface area contributed by atoms with Gasteiger partial charge in [-0.15, -0.1) is 0 Å². The number of benzene rings is 1. The number of nitrogens with zero attached hydrogens (tertiary/aromatic N) is 1. The fraction of sp³-hybridized carbons (Fsp3) is 0.429. The van der Waals surface area contributed by atoms with Crippen molar-refractivity contribution in [3.05, 3.63) is 28.8 Å². The second-order valence-electron chi connectivity index (χ2n) is 4.45. The first-order valence-electron chi connectivity index (χ1n) is 6.06. The predicted molar refractivity (Wildman–Crippen MR) is 68.6 cm³/mol. The summed E-state index contributed by atoms with van der Waals surface area (Å²) in [6.45, 7) is 0.513. The van der Waals surface area contributed by atoms with Gasteiger partial charge in [0.2, 0.25) is 0 Å². The van der Waals surface area contributed by atoms with Crippen LogP contribution < -0.4 is 4.74 Å². The first-order valence-corrected chi connectivity index (χ1v) is 6.43. The first kappa shape index (κ1) is 12.9. The fourth-order valence-corrected chi connectivity index (χ4v) is 2.40. The molecule has 1 aromatic rings. The SMILES string of the molecule is N#Cc1ccc(OCCC2CCCC2=O)cc1Cl. The predicted octanol–water partition coefficient (Wildman–Crippen LogP) is 3.35. The number of ether oxygens (including phenoxy) is 1. The second kappa shape index (κ2) is 5.88. The molecular weight excluding hydrogens is 250 g/mol. The molecule has 18 heavy (non-hydrogen) atoms. The Hall–Kier alpha value is -1.53. The Morgan fingerprint density at radius 2 is 2.33 bits per heavy atom. The summed E-state index contributed by atoms with van der Waals surface area (Å²) in [5.74, 6) is 1.17. The minimum Gasteiger partial charge on any atom is -0.494 e. The van der Waals surface area contributed by atoms with Gasteiger partial charge in [0.1, 0.15) is 17.6 Å². The van der Waals surface area contributed by atoms with Crippen molar-refractivity contribution in [2.45, 2.75) is 25.7 Å². The third-order valence-electron chi connectivity index (χ3n) is 3.23. The molecular formula is C14H14ClNO2. The topological polar surface area (TPSA) is 50.1 Å². The molecule has 0 radical (unpaired) electrons. The highest BCUT2D eigenvalue weighted by molar-refractivity contribution is 6.31. The van der Waals surface area contributed by atoms with E-state index in [2.05, 4.69) is 0 Å². The van der Waals surface area contributed by atoms with Crippen molar-refractivity contribution in [2.75, 3.05) is 6.61 Å². The Morgan fingerprint density at radius 3 is 2.94 bits per heavy atom. The van der Waals surface area contributed by atoms with E-state index in [1.54, 1.807) is 18.2 Å². The molecule has 0 spiro atoms. The van der Waals surface area contributed by atoms with Gasteiger partial charge in [0, 0.05) is 18.4 Å². The van der Waals surface area contributed by atoms with E-state index in [0.717, 1.165) is 19.3 Å². The average Bonchev–Trinajstić information content (AvgIpc) is 2.75. The lowest BCUT2D eigenvalue weighted by molar-refractivity contribution is -0.121. The summed E-state index contributed by atoms with van der Waals surface area (Å²) >= 11 is 5.90. The minimum atomic E-state index is 0.166. The number of Topliss-reactive ketones (excluding diaryl/α,β-unsaturated/α-hetero) is 1. The minimum absolute atomic E-state index is 0.166. The van der Waals surface area contributed by atoms with Crippen molar-refractivity contribution in [3.63, 3.8) is 0 Å². The third kappa shape index (κ3) is 3.02. The summed E-state index contributed by atoms with van der Waals surface area (Å²) in [7, 11) is 0. The van der Waals surface area contributed by atoms with E-state index in [1.807, 2.05) is 6.07 Å². The molecule has 4 heteroatoms. The third-order valence-corrected chi connectivity index (χ3v) is 3.54. The van der Waals surface area contributed by atoms with Gasteiger partial charge in [0.05, 0.1) is 17.2 Å². The second-order valence-corrected chi connectivity index (χ2v) is 4.85. The van der Waals surface area contributed by atoms with E-state index in [0.29, 0.717) is 35.1 Å². The lowest BCUT2D eigenvalue weighted by Gasteiger charge is -2.10. The molecule has 1 aliphatic rings. The molecule has 1 aromatic carbocycles. The standard InChI is InChI=1S/C14H14ClNO2/c15-13-8-12(5-4-11(13)9-16)18-7-6-10-2-1-3-14(10)17/h4-5,8,10H,1-3,6-7H2. The van der Waals surface area contributed by atoms with Gasteiger partial charge in [-0.25, -0.2) is 0 Å². The van der Waals surface area contributed by atoms with Crippen LogP contribution in [0.5, 0.6) is 5.75 Å². The normalized spacial score (nSPS) is 18.7. The summed E-state index contributed by atoms with van der Waals surface area (Å²) < 4.78 is 5.55. The van der Waals surface area contributed by atoms with Crippen LogP contribution in [-0.2, 0) is 4.79 Å². The summed E-state index contributed by atoms with van der Waals surface area (Å²) in [6.07, 6.45) is 3.46. The fourth-order valence-electron chi connectivity index (χ4n) is 2.19. The van der Waals surface area contributed by atoms with Crippen LogP contribution in [0.25, 0.3) is 0 Å². The van der Waals surface area contributed by atoms with Crippen LogP contribution >= 0.6 is 11.6 Å². The molecule has 0 bridgehead atoms. The van der Waals surface area contributed by atoms with Crippen molar-refractivity contribution >= 4 is 17.4 Å². The Labute approximate surface area is 111 Å². The van der Waals surface area contributed by atoms with Crippen LogP contribution in [0.1, 0.15) is 31.2 Å². The maximum Gasteiger partial charge on any atom is 0.136 e. The number of ketones is 1. The van der Waals surface area contributed by atoms with Crippen LogP contribution in [-0.4, -0.2) is 12.4 Å². The highest BCUT2D eigenvalue weighted by Crippen LogP contribution is 2.25. The molecule has 1 aliphatic carbocycles. The smallest absolute Gasteiger partial charge is 0.136 e. The van der Waals surface area contributed by atoms with Gasteiger partial charge in [-0.3, -0.25) is 4.79 Å². The van der Waals surface area contributed by atoms with Crippen molar-refractivity contribution in [1.82, 2.24) is 0 Å². The zero-order chi connectivity index (χ0) is 13.0. The van der Waals surface area contributed by atoms with Crippen LogP contribution in [0.15, 0.2) is 18.2 Å². The molecule has 0 heterocycles. The Kier molecular flexibility index (Phi) is 4.22. The zero-order valence-corrected chi connectivity index (χ0v) is 10.7. The van der Waals surface area contributed by atoms with Gasteiger partial charge in [-0.2, -0.15) is 5.26 Å². The van der Waals surface area contributed by atoms with E-state index < -0.39 is 0 Å². The average molecular weight is 264 g/mol. The van der Waals surface area contributed by atoms with E-state index in [4.69, 9.17) is 21.6 Å². The molecule has 94 valence electrons. The van der Waals surface area contributed by atoms with Crippen LogP contribution in [0.2, 0.25) is 5.02 Å². The van der Waals surface area contributed by atoms with Gasteiger partial charge in [-0.05, 0) is 31.4 Å². The van der Waals surface area contributed by atoms with Crippen LogP contribution in [0.4, 0.5) is 0 Å². The molecule has 1 atom stereocenters. The molecule has 0 saturated heterocycles. The molecule has 1 unspecified atom stereocenters. The molecule has 3 nitrogen and oxygen atoms in total. The van der Waals surface area contributed by atoms with Crippen molar-refractivity contribution in [3.8, 4) is 11.8 Å². The maximum atomic E-state index is 11.4. The van der Waals surface area contributed by atoms with E-state index >= 15 is 0 Å². The number of nitriles is 1. The van der Waals surface area contributed by atoms with E-state index in [-0.39, 0.29) is 5.92 Å². The molecule has 2 rings (SSSR count). The van der Waals surface area contributed by atoms with Crippen molar-refractivity contribution < 1.29 is 9.53 Å². The van der Waals surface area contributed by atoms with Crippen LogP contribution in [0, 0.1) is 17.2 Å². The van der Waals surface area contributed by atoms with Gasteiger partial charge in [-0.1, -0.05) is 11.6 Å². The quantitative estimate of drug-likeness (QED) is 0.837. The summed E-state index contributed by atoms with van der Waals surface area (Å²) in [5.41, 5.74) is 0.440. The Bertz CT molecular complexity index is 493. The summed E-state index contributed by atoms with van der Waals surface area (Å²) in [6, 6.07) is 6.99. The lowest BCUT2D eigenvalue weighted by Crippen LogP contribution is -2.11. The number of halogens is 1. The summed E-state index contributed by atoms with van der Waals surface area (Å²) in [5, 5.41) is 9.14. The van der Waals surface area contributed by atoms with Crippen molar-refractivity contribution in [2.24, 2.45) is 5.92 Å². The zero-order valence-electron chi connectivity index (χ0n) is 9.99. The molecule has 0 aliphatic heterocycles. The molecule has 1 fully saturated rings. The largest absolute Gasteiger partial charge is 0.494 e. The maximum absolute atomic E-state index is 11.4. The van der Waals surface area contributed by atoms with Gasteiger partial charge < -0.3 is 4.74 Å². The van der Waals surface area contributed by atoms with Gasteiger partial charge in [0.15, 0.2) is 0 Å². The van der Waals surface area contributed by atoms with E-state index in [1.165, 1.54) is 0 Å². The van der Waals surface area contributed by atoms with Gasteiger partial charge in [0.25, 0.3) is 0 Å². The Morgan fingerprint density at radius 1 is 1.50 bits per heavy atom. The molecule has 0 aromatic heterocycles. The number of hydrogen-bond donors (Lipinski definition) is 0. The first-order chi connectivity index (χ1) is 8.70. The number of carbonyl (C=O) groups is 1. The molecule has 1 saturated carbocycles. The number of rotatable bonds is 4. The lowest BCUT2D eigenvalue weighted by atomic mass is 10.0. The highest BCUT2D eigenvalue weighted by Gasteiger charge is 2.23. The summed E-state index contributed by atoms with van der Waals surface area (Å²) in [4.78, 5) is 11.4. The Balaban J connectivity index is 1.85. The van der Waals surface area contributed by atoms with E-state index in [9.17, 15) is 4.79 Å². The van der Waals surface area contributed by atoms with Gasteiger partial charge >= 0.3 is 0 Å². The number of hydrogen-bond acceptors (Lipinski definition) is 3. The van der Waals surface area contributed by atoms with Crippen LogP contribution in [0.3, 0.4) is 0 Å². The highest BCUT2D eigenvalue weighted by atomic mass is 35.5. The number of carbonyl (C=O) groups excluding carboxylic acids is 1. The van der Waals surface area contributed by atoms with Crippen molar-refractivity contribution in [1.29, 1.82) is 5.26 Å². The monoisotopic (exact) mass is 263 g/mol. The molecule has 0 N–H and O–H groups in total.